The van der Waals surface area contributed by atoms with Crippen LogP contribution in [0.2, 0.25) is 0 Å². The average Bonchev–Trinajstić information content (AvgIpc) is 3.56. The summed E-state index contributed by atoms with van der Waals surface area (Å²) in [4.78, 5) is 6.02. The number of hydrogen-bond acceptors (Lipinski definition) is 6. The van der Waals surface area contributed by atoms with Crippen molar-refractivity contribution in [3.05, 3.63) is 82.9 Å². The van der Waals surface area contributed by atoms with Crippen LogP contribution in [0.4, 0.5) is 5.69 Å². The molecule has 0 unspecified atom stereocenters. The molecule has 0 saturated carbocycles. The highest BCUT2D eigenvalue weighted by molar-refractivity contribution is 7.89. The Bertz CT molecular complexity index is 1480. The van der Waals surface area contributed by atoms with Crippen LogP contribution < -0.4 is 9.54 Å². The molecule has 1 aliphatic rings. The lowest BCUT2D eigenvalue weighted by atomic mass is 10.0. The standard InChI is InChI=1S/C28H31N3O4S2/c1-3-34-24-10-8-23(9-11-24)29-28-31(19-25-5-4-18-35-25)27(20-36-28)22-6-12-26(13-7-22)37(32,33)30-16-14-21(2)15-17-30/h4-13,18,20-21H,3,14-17,19H2,1-2H3. The molecule has 4 aromatic rings. The van der Waals surface area contributed by atoms with Gasteiger partial charge in [-0.15, -0.1) is 11.3 Å². The number of rotatable bonds is 8. The Kier molecular flexibility index (Phi) is 7.64. The molecule has 0 atom stereocenters. The van der Waals surface area contributed by atoms with Crippen molar-refractivity contribution in [3.63, 3.8) is 0 Å². The summed E-state index contributed by atoms with van der Waals surface area (Å²) < 4.78 is 41.2. The zero-order chi connectivity index (χ0) is 25.8. The third-order valence-electron chi connectivity index (χ3n) is 6.59. The molecule has 37 heavy (non-hydrogen) atoms. The van der Waals surface area contributed by atoms with E-state index in [1.54, 1.807) is 22.7 Å². The Balaban J connectivity index is 1.47. The molecule has 9 heteroatoms. The van der Waals surface area contributed by atoms with Crippen molar-refractivity contribution in [2.45, 2.75) is 38.1 Å². The normalized spacial score (nSPS) is 15.8. The summed E-state index contributed by atoms with van der Waals surface area (Å²) in [7, 11) is -3.49. The van der Waals surface area contributed by atoms with Crippen molar-refractivity contribution in [2.24, 2.45) is 10.9 Å². The number of furan rings is 1. The average molecular weight is 538 g/mol. The Morgan fingerprint density at radius 2 is 1.78 bits per heavy atom. The number of nitrogens with zero attached hydrogens (tertiary/aromatic N) is 3. The van der Waals surface area contributed by atoms with Gasteiger partial charge in [-0.3, -0.25) is 0 Å². The van der Waals surface area contributed by atoms with E-state index in [4.69, 9.17) is 14.1 Å². The van der Waals surface area contributed by atoms with Crippen molar-refractivity contribution in [1.82, 2.24) is 8.87 Å². The van der Waals surface area contributed by atoms with Crippen LogP contribution in [-0.2, 0) is 16.6 Å². The highest BCUT2D eigenvalue weighted by Crippen LogP contribution is 2.27. The minimum Gasteiger partial charge on any atom is -0.494 e. The summed E-state index contributed by atoms with van der Waals surface area (Å²) in [6, 6.07) is 18.7. The van der Waals surface area contributed by atoms with Gasteiger partial charge in [0.25, 0.3) is 0 Å². The smallest absolute Gasteiger partial charge is 0.243 e. The van der Waals surface area contributed by atoms with Crippen molar-refractivity contribution < 1.29 is 17.6 Å². The lowest BCUT2D eigenvalue weighted by Gasteiger charge is -2.29. The second-order valence-corrected chi connectivity index (χ2v) is 12.0. The maximum atomic E-state index is 13.2. The molecule has 0 amide bonds. The van der Waals surface area contributed by atoms with Gasteiger partial charge in [-0.05, 0) is 79.8 Å². The molecule has 0 spiro atoms. The van der Waals surface area contributed by atoms with Crippen LogP contribution in [0.3, 0.4) is 0 Å². The predicted molar refractivity (Wildman–Crippen MR) is 146 cm³/mol. The number of piperidine rings is 1. The highest BCUT2D eigenvalue weighted by Gasteiger charge is 2.28. The molecule has 0 bridgehead atoms. The SMILES string of the molecule is CCOc1ccc(N=c2scc(-c3ccc(S(=O)(=O)N4CCC(C)CC4)cc3)n2Cc2ccco2)cc1. The van der Waals surface area contributed by atoms with Crippen LogP contribution in [0.1, 0.15) is 32.4 Å². The van der Waals surface area contributed by atoms with Crippen molar-refractivity contribution in [3.8, 4) is 17.0 Å². The van der Waals surface area contributed by atoms with E-state index in [9.17, 15) is 8.42 Å². The molecule has 1 aliphatic heterocycles. The van der Waals surface area contributed by atoms with E-state index < -0.39 is 10.0 Å². The van der Waals surface area contributed by atoms with Crippen LogP contribution in [0.25, 0.3) is 11.3 Å². The van der Waals surface area contributed by atoms with E-state index in [-0.39, 0.29) is 0 Å². The van der Waals surface area contributed by atoms with Gasteiger partial charge in [-0.2, -0.15) is 4.31 Å². The number of sulfonamides is 1. The molecular formula is C28H31N3O4S2. The number of thiazole rings is 1. The zero-order valence-electron chi connectivity index (χ0n) is 21.0. The fourth-order valence-electron chi connectivity index (χ4n) is 4.43. The summed E-state index contributed by atoms with van der Waals surface area (Å²) >= 11 is 1.53. The molecule has 2 aromatic heterocycles. The van der Waals surface area contributed by atoms with E-state index in [0.717, 1.165) is 46.1 Å². The first-order valence-corrected chi connectivity index (χ1v) is 14.8. The van der Waals surface area contributed by atoms with Crippen molar-refractivity contribution >= 4 is 27.0 Å². The molecule has 5 rings (SSSR count). The van der Waals surface area contributed by atoms with E-state index in [2.05, 4.69) is 11.5 Å². The summed E-state index contributed by atoms with van der Waals surface area (Å²) in [5.74, 6) is 2.19. The van der Waals surface area contributed by atoms with Gasteiger partial charge < -0.3 is 13.7 Å². The maximum Gasteiger partial charge on any atom is 0.243 e. The van der Waals surface area contributed by atoms with E-state index in [1.807, 2.05) is 60.8 Å². The van der Waals surface area contributed by atoms with Crippen LogP contribution in [0.5, 0.6) is 5.75 Å². The highest BCUT2D eigenvalue weighted by atomic mass is 32.2. The third-order valence-corrected chi connectivity index (χ3v) is 9.37. The number of aromatic nitrogens is 1. The minimum atomic E-state index is -3.49. The summed E-state index contributed by atoms with van der Waals surface area (Å²) in [6.07, 6.45) is 3.46. The molecule has 0 radical (unpaired) electrons. The molecule has 0 aliphatic carbocycles. The maximum absolute atomic E-state index is 13.2. The molecular weight excluding hydrogens is 506 g/mol. The van der Waals surface area contributed by atoms with Crippen LogP contribution >= 0.6 is 11.3 Å². The molecule has 3 heterocycles. The fraction of sp³-hybridized carbons (Fsp3) is 0.321. The second-order valence-electron chi connectivity index (χ2n) is 9.22. The summed E-state index contributed by atoms with van der Waals surface area (Å²) in [6.45, 7) is 6.41. The lowest BCUT2D eigenvalue weighted by Crippen LogP contribution is -2.37. The number of ether oxygens (including phenoxy) is 1. The van der Waals surface area contributed by atoms with Gasteiger partial charge in [0.2, 0.25) is 10.0 Å². The first kappa shape index (κ1) is 25.5. The van der Waals surface area contributed by atoms with Crippen molar-refractivity contribution in [2.75, 3.05) is 19.7 Å². The molecule has 194 valence electrons. The number of benzene rings is 2. The Hall–Kier alpha value is -3.14. The van der Waals surface area contributed by atoms with Gasteiger partial charge in [-0.25, -0.2) is 13.4 Å². The van der Waals surface area contributed by atoms with Crippen LogP contribution in [-0.4, -0.2) is 37.0 Å². The summed E-state index contributed by atoms with van der Waals surface area (Å²) in [5.41, 5.74) is 2.69. The largest absolute Gasteiger partial charge is 0.494 e. The second kappa shape index (κ2) is 11.1. The van der Waals surface area contributed by atoms with Crippen molar-refractivity contribution in [1.29, 1.82) is 0 Å². The van der Waals surface area contributed by atoms with Gasteiger partial charge in [0.05, 0.1) is 35.7 Å². The minimum absolute atomic E-state index is 0.331. The zero-order valence-corrected chi connectivity index (χ0v) is 22.7. The lowest BCUT2D eigenvalue weighted by molar-refractivity contribution is 0.288. The molecule has 0 N–H and O–H groups in total. The van der Waals surface area contributed by atoms with Crippen LogP contribution in [0.15, 0.2) is 86.6 Å². The van der Waals surface area contributed by atoms with E-state index >= 15 is 0 Å². The van der Waals surface area contributed by atoms with Gasteiger partial charge >= 0.3 is 0 Å². The van der Waals surface area contributed by atoms with Gasteiger partial charge in [0.1, 0.15) is 11.5 Å². The molecule has 1 fully saturated rings. The predicted octanol–water partition coefficient (Wildman–Crippen LogP) is 5.91. The quantitative estimate of drug-likeness (QED) is 0.280. The first-order valence-electron chi connectivity index (χ1n) is 12.5. The Morgan fingerprint density at radius 1 is 1.05 bits per heavy atom. The summed E-state index contributed by atoms with van der Waals surface area (Å²) in [5, 5.41) is 2.05. The fourth-order valence-corrected chi connectivity index (χ4v) is 6.82. The van der Waals surface area contributed by atoms with Gasteiger partial charge in [0.15, 0.2) is 4.80 Å². The van der Waals surface area contributed by atoms with Crippen LogP contribution in [0, 0.1) is 5.92 Å². The molecule has 1 saturated heterocycles. The number of hydrogen-bond donors (Lipinski definition) is 0. The van der Waals surface area contributed by atoms with Gasteiger partial charge in [-0.1, -0.05) is 19.1 Å². The van der Waals surface area contributed by atoms with Gasteiger partial charge in [0, 0.05) is 18.5 Å². The first-order chi connectivity index (χ1) is 17.9. The topological polar surface area (TPSA) is 77.0 Å². The Labute approximate surface area is 221 Å². The van der Waals surface area contributed by atoms with E-state index in [0.29, 0.717) is 37.1 Å². The molecule has 2 aromatic carbocycles. The monoisotopic (exact) mass is 537 g/mol. The van der Waals surface area contributed by atoms with E-state index in [1.165, 1.54) is 11.3 Å². The Morgan fingerprint density at radius 3 is 2.43 bits per heavy atom. The molecule has 7 nitrogen and oxygen atoms in total. The third kappa shape index (κ3) is 5.74.